The van der Waals surface area contributed by atoms with Gasteiger partial charge in [0.15, 0.2) is 0 Å². The zero-order valence-corrected chi connectivity index (χ0v) is 18.2. The molecule has 0 aliphatic carbocycles. The van der Waals surface area contributed by atoms with Crippen LogP contribution >= 0.6 is 11.3 Å². The summed E-state index contributed by atoms with van der Waals surface area (Å²) in [7, 11) is 0. The van der Waals surface area contributed by atoms with Crippen LogP contribution in [0.15, 0.2) is 48.7 Å². The average Bonchev–Trinajstić information content (AvgIpc) is 3.43. The molecule has 3 aromatic rings. The van der Waals surface area contributed by atoms with E-state index in [9.17, 15) is 0 Å². The monoisotopic (exact) mass is 417 g/mol. The lowest BCUT2D eigenvalue weighted by Gasteiger charge is -2.24. The number of aromatic nitrogens is 2. The highest BCUT2D eigenvalue weighted by atomic mass is 32.1. The highest BCUT2D eigenvalue weighted by molar-refractivity contribution is 7.11. The van der Waals surface area contributed by atoms with Crippen LogP contribution in [0.4, 0.5) is 11.5 Å². The van der Waals surface area contributed by atoms with E-state index in [4.69, 9.17) is 10.2 Å². The molecule has 1 atom stereocenters. The molecule has 0 radical (unpaired) electrons. The van der Waals surface area contributed by atoms with E-state index in [1.54, 1.807) is 12.3 Å². The highest BCUT2D eigenvalue weighted by Crippen LogP contribution is 2.34. The van der Waals surface area contributed by atoms with Crippen molar-refractivity contribution >= 4 is 22.8 Å². The summed E-state index contributed by atoms with van der Waals surface area (Å²) in [4.78, 5) is 14.5. The number of rotatable bonds is 8. The van der Waals surface area contributed by atoms with Gasteiger partial charge in [0.1, 0.15) is 17.6 Å². The van der Waals surface area contributed by atoms with Gasteiger partial charge < -0.3 is 5.32 Å². The van der Waals surface area contributed by atoms with Crippen LogP contribution in [0, 0.1) is 11.3 Å². The van der Waals surface area contributed by atoms with Crippen LogP contribution in [0.25, 0.3) is 0 Å². The second-order valence-electron chi connectivity index (χ2n) is 7.72. The van der Waals surface area contributed by atoms with Gasteiger partial charge in [0, 0.05) is 16.3 Å². The van der Waals surface area contributed by atoms with Gasteiger partial charge in [-0.25, -0.2) is 9.97 Å². The van der Waals surface area contributed by atoms with Crippen molar-refractivity contribution < 1.29 is 0 Å². The maximum Gasteiger partial charge on any atom is 0.140 e. The van der Waals surface area contributed by atoms with Crippen LogP contribution in [0.3, 0.4) is 0 Å². The van der Waals surface area contributed by atoms with Crippen LogP contribution in [0.2, 0.25) is 0 Å². The Kier molecular flexibility index (Phi) is 6.73. The number of hydrogen-bond acceptors (Lipinski definition) is 6. The Balaban J connectivity index is 1.44. The van der Waals surface area contributed by atoms with Gasteiger partial charge in [0.2, 0.25) is 0 Å². The number of aryl methyl sites for hydroxylation is 1. The first kappa shape index (κ1) is 20.5. The van der Waals surface area contributed by atoms with Crippen molar-refractivity contribution in [3.05, 3.63) is 69.8 Å². The number of nitrogens with zero attached hydrogens (tertiary/aromatic N) is 4. The summed E-state index contributed by atoms with van der Waals surface area (Å²) in [6, 6.07) is 16.7. The van der Waals surface area contributed by atoms with Crippen molar-refractivity contribution in [1.29, 1.82) is 5.26 Å². The first-order valence-electron chi connectivity index (χ1n) is 10.7. The molecule has 1 unspecified atom stereocenters. The minimum absolute atomic E-state index is 0.354. The second-order valence-corrected chi connectivity index (χ2v) is 8.97. The van der Waals surface area contributed by atoms with E-state index in [-0.39, 0.29) is 0 Å². The Hall–Kier alpha value is -2.75. The number of pyridine rings is 2. The Morgan fingerprint density at radius 1 is 1.20 bits per heavy atom. The van der Waals surface area contributed by atoms with Crippen LogP contribution in [-0.2, 0) is 13.0 Å². The van der Waals surface area contributed by atoms with E-state index >= 15 is 0 Å². The van der Waals surface area contributed by atoms with E-state index in [1.165, 1.54) is 35.4 Å². The van der Waals surface area contributed by atoms with Crippen LogP contribution in [0.1, 0.15) is 59.8 Å². The Morgan fingerprint density at radius 3 is 2.90 bits per heavy atom. The van der Waals surface area contributed by atoms with Gasteiger partial charge in [-0.05, 0) is 68.6 Å². The predicted octanol–water partition coefficient (Wildman–Crippen LogP) is 5.83. The third-order valence-corrected chi connectivity index (χ3v) is 6.61. The van der Waals surface area contributed by atoms with Crippen molar-refractivity contribution in [1.82, 2.24) is 14.9 Å². The quantitative estimate of drug-likeness (QED) is 0.499. The number of nitrogens with one attached hydrogen (secondary N) is 1. The van der Waals surface area contributed by atoms with E-state index < -0.39 is 0 Å². The summed E-state index contributed by atoms with van der Waals surface area (Å²) >= 11 is 1.96. The van der Waals surface area contributed by atoms with Gasteiger partial charge in [-0.2, -0.15) is 5.26 Å². The van der Waals surface area contributed by atoms with Crippen molar-refractivity contribution in [2.75, 3.05) is 11.9 Å². The summed E-state index contributed by atoms with van der Waals surface area (Å²) in [5, 5.41) is 12.2. The minimum Gasteiger partial charge on any atom is -0.339 e. The van der Waals surface area contributed by atoms with Gasteiger partial charge in [-0.15, -0.1) is 11.3 Å². The molecule has 1 aliphatic rings. The number of anilines is 2. The minimum atomic E-state index is 0.354. The molecule has 0 spiro atoms. The van der Waals surface area contributed by atoms with E-state index in [0.717, 1.165) is 36.7 Å². The summed E-state index contributed by atoms with van der Waals surface area (Å²) in [6.07, 6.45) is 7.73. The summed E-state index contributed by atoms with van der Waals surface area (Å²) in [5.41, 5.74) is 2.36. The van der Waals surface area contributed by atoms with Crippen molar-refractivity contribution in [3.63, 3.8) is 0 Å². The molecule has 1 saturated heterocycles. The molecule has 5 nitrogen and oxygen atoms in total. The summed E-state index contributed by atoms with van der Waals surface area (Å²) in [5.74, 6) is 0.809. The molecule has 0 aromatic carbocycles. The third-order valence-electron chi connectivity index (χ3n) is 5.48. The number of thiophene rings is 1. The molecule has 1 fully saturated rings. The number of unbranched alkanes of at least 4 members (excludes halogenated alkanes) is 1. The van der Waals surface area contributed by atoms with E-state index in [1.807, 2.05) is 29.5 Å². The summed E-state index contributed by atoms with van der Waals surface area (Å²) < 4.78 is 0. The maximum atomic E-state index is 8.90. The molecule has 4 rings (SSSR count). The van der Waals surface area contributed by atoms with Crippen molar-refractivity contribution in [2.45, 2.75) is 51.6 Å². The molecular weight excluding hydrogens is 390 g/mol. The summed E-state index contributed by atoms with van der Waals surface area (Å²) in [6.45, 7) is 4.36. The first-order valence-corrected chi connectivity index (χ1v) is 11.5. The lowest BCUT2D eigenvalue weighted by atomic mass is 10.1. The molecule has 6 heteroatoms. The third kappa shape index (κ3) is 5.05. The molecule has 3 aromatic heterocycles. The lowest BCUT2D eigenvalue weighted by molar-refractivity contribution is 0.247. The molecule has 1 N–H and O–H groups in total. The Bertz CT molecular complexity index is 1000. The fourth-order valence-corrected chi connectivity index (χ4v) is 5.02. The second kappa shape index (κ2) is 9.84. The molecule has 0 amide bonds. The largest absolute Gasteiger partial charge is 0.339 e. The van der Waals surface area contributed by atoms with Crippen molar-refractivity contribution in [3.8, 4) is 6.07 Å². The fraction of sp³-hybridized carbons (Fsp3) is 0.375. The normalized spacial score (nSPS) is 16.5. The van der Waals surface area contributed by atoms with Crippen LogP contribution in [-0.4, -0.2) is 21.4 Å². The highest BCUT2D eigenvalue weighted by Gasteiger charge is 2.27. The van der Waals surface area contributed by atoms with E-state index in [2.05, 4.69) is 46.4 Å². The zero-order chi connectivity index (χ0) is 20.8. The van der Waals surface area contributed by atoms with E-state index in [0.29, 0.717) is 11.7 Å². The van der Waals surface area contributed by atoms with Gasteiger partial charge in [-0.1, -0.05) is 19.4 Å². The molecule has 154 valence electrons. The number of likely N-dealkylation sites (tertiary alicyclic amines) is 1. The number of nitriles is 1. The Labute approximate surface area is 182 Å². The first-order chi connectivity index (χ1) is 14.7. The van der Waals surface area contributed by atoms with Crippen LogP contribution < -0.4 is 5.32 Å². The van der Waals surface area contributed by atoms with Crippen LogP contribution in [0.5, 0.6) is 0 Å². The fourth-order valence-electron chi connectivity index (χ4n) is 3.93. The predicted molar refractivity (Wildman–Crippen MR) is 122 cm³/mol. The van der Waals surface area contributed by atoms with Gasteiger partial charge in [0.25, 0.3) is 0 Å². The molecular formula is C24H27N5S. The molecule has 0 bridgehead atoms. The van der Waals surface area contributed by atoms with Gasteiger partial charge >= 0.3 is 0 Å². The van der Waals surface area contributed by atoms with Crippen molar-refractivity contribution in [2.24, 2.45) is 0 Å². The average molecular weight is 418 g/mol. The maximum absolute atomic E-state index is 8.90. The molecule has 1 aliphatic heterocycles. The number of hydrogen-bond donors (Lipinski definition) is 1. The van der Waals surface area contributed by atoms with Gasteiger partial charge in [0.05, 0.1) is 23.6 Å². The Morgan fingerprint density at radius 2 is 2.10 bits per heavy atom. The lowest BCUT2D eigenvalue weighted by Crippen LogP contribution is -2.23. The molecule has 0 saturated carbocycles. The topological polar surface area (TPSA) is 64.8 Å². The smallest absolute Gasteiger partial charge is 0.140 e. The zero-order valence-electron chi connectivity index (χ0n) is 17.3. The van der Waals surface area contributed by atoms with Gasteiger partial charge in [-0.3, -0.25) is 4.90 Å². The molecule has 30 heavy (non-hydrogen) atoms. The standard InChI is InChI=1S/C24H27N5S/c1-2-3-6-20-12-13-21(30-20)17-29-14-5-8-23(29)22-7-4-9-24(28-22)27-19-11-10-18(15-25)26-16-19/h4,7,9-13,16,23H,2-3,5-6,8,14,17H2,1H3,(H,27,28). The molecule has 4 heterocycles. The SMILES string of the molecule is CCCCc1ccc(CN2CCCC2c2cccc(Nc3ccc(C#N)nc3)n2)s1.